The quantitative estimate of drug-likeness (QED) is 0.828. The summed E-state index contributed by atoms with van der Waals surface area (Å²) >= 11 is 0. The van der Waals surface area contributed by atoms with E-state index >= 15 is 0 Å². The normalized spacial score (nSPS) is 16.0. The van der Waals surface area contributed by atoms with Crippen LogP contribution in [0.15, 0.2) is 18.2 Å². The predicted molar refractivity (Wildman–Crippen MR) is 84.3 cm³/mol. The van der Waals surface area contributed by atoms with Crippen LogP contribution in [0.5, 0.6) is 0 Å². The number of benzene rings is 1. The molecule has 1 aliphatic rings. The first-order valence-corrected chi connectivity index (χ1v) is 7.67. The van der Waals surface area contributed by atoms with Gasteiger partial charge in [-0.15, -0.1) is 5.10 Å². The summed E-state index contributed by atoms with van der Waals surface area (Å²) in [6, 6.07) is 5.94. The first-order valence-electron chi connectivity index (χ1n) is 7.67. The van der Waals surface area contributed by atoms with Crippen molar-refractivity contribution in [3.8, 4) is 11.4 Å². The van der Waals surface area contributed by atoms with E-state index in [4.69, 9.17) is 10.5 Å². The number of rotatable bonds is 5. The van der Waals surface area contributed by atoms with E-state index in [-0.39, 0.29) is 0 Å². The number of aryl methyl sites for hydroxylation is 2. The van der Waals surface area contributed by atoms with Crippen molar-refractivity contribution in [1.82, 2.24) is 25.1 Å². The Morgan fingerprint density at radius 1 is 1.23 bits per heavy atom. The molecule has 7 heteroatoms. The second-order valence-electron chi connectivity index (χ2n) is 5.60. The van der Waals surface area contributed by atoms with Gasteiger partial charge < -0.3 is 10.5 Å². The van der Waals surface area contributed by atoms with Crippen molar-refractivity contribution in [3.05, 3.63) is 23.8 Å². The van der Waals surface area contributed by atoms with Crippen LogP contribution in [0.4, 0.5) is 5.69 Å². The number of hydrogen-bond acceptors (Lipinski definition) is 6. The highest BCUT2D eigenvalue weighted by Crippen LogP contribution is 2.21. The minimum atomic E-state index is 0.764. The molecule has 2 heterocycles. The second kappa shape index (κ2) is 6.85. The van der Waals surface area contributed by atoms with Gasteiger partial charge in [-0.3, -0.25) is 4.90 Å². The van der Waals surface area contributed by atoms with E-state index in [1.165, 1.54) is 0 Å². The van der Waals surface area contributed by atoms with Gasteiger partial charge in [0.05, 0.1) is 13.2 Å². The lowest BCUT2D eigenvalue weighted by Crippen LogP contribution is -2.37. The molecule has 0 unspecified atom stereocenters. The number of ether oxygens (including phenoxy) is 1. The maximum Gasteiger partial charge on any atom is 0.182 e. The molecule has 0 bridgehead atoms. The second-order valence-corrected chi connectivity index (χ2v) is 5.60. The smallest absolute Gasteiger partial charge is 0.182 e. The van der Waals surface area contributed by atoms with Gasteiger partial charge in [-0.05, 0) is 35.4 Å². The lowest BCUT2D eigenvalue weighted by Gasteiger charge is -2.26. The Balaban J connectivity index is 1.63. The standard InChI is InChI=1S/C15H22N6O/c1-12-3-4-13(11-14(12)16)15-17-18-19-21(15)6-2-5-20-7-9-22-10-8-20/h3-4,11H,2,5-10,16H2,1H3. The van der Waals surface area contributed by atoms with E-state index in [0.29, 0.717) is 0 Å². The Hall–Kier alpha value is -1.99. The zero-order valence-electron chi connectivity index (χ0n) is 12.9. The van der Waals surface area contributed by atoms with Crippen LogP contribution in [0.2, 0.25) is 0 Å². The summed E-state index contributed by atoms with van der Waals surface area (Å²) in [4.78, 5) is 2.41. The number of hydrogen-bond donors (Lipinski definition) is 1. The maximum atomic E-state index is 5.98. The van der Waals surface area contributed by atoms with Gasteiger partial charge in [0, 0.05) is 37.4 Å². The van der Waals surface area contributed by atoms with Crippen molar-refractivity contribution in [3.63, 3.8) is 0 Å². The molecule has 7 nitrogen and oxygen atoms in total. The minimum Gasteiger partial charge on any atom is -0.398 e. The molecule has 0 atom stereocenters. The van der Waals surface area contributed by atoms with Gasteiger partial charge in [0.1, 0.15) is 0 Å². The van der Waals surface area contributed by atoms with Gasteiger partial charge in [0.2, 0.25) is 0 Å². The molecule has 0 amide bonds. The molecule has 0 aliphatic carbocycles. The van der Waals surface area contributed by atoms with Gasteiger partial charge in [-0.25, -0.2) is 4.68 Å². The van der Waals surface area contributed by atoms with Gasteiger partial charge in [-0.2, -0.15) is 0 Å². The first-order chi connectivity index (χ1) is 10.7. The summed E-state index contributed by atoms with van der Waals surface area (Å²) < 4.78 is 7.21. The van der Waals surface area contributed by atoms with Gasteiger partial charge in [0.15, 0.2) is 5.82 Å². The molecule has 1 fully saturated rings. The van der Waals surface area contributed by atoms with Crippen LogP contribution in [0.1, 0.15) is 12.0 Å². The van der Waals surface area contributed by atoms with Gasteiger partial charge >= 0.3 is 0 Å². The van der Waals surface area contributed by atoms with Crippen molar-refractivity contribution in [2.45, 2.75) is 19.9 Å². The molecule has 22 heavy (non-hydrogen) atoms. The summed E-state index contributed by atoms with van der Waals surface area (Å²) in [6.07, 6.45) is 1.01. The van der Waals surface area contributed by atoms with E-state index in [9.17, 15) is 0 Å². The Morgan fingerprint density at radius 2 is 2.05 bits per heavy atom. The summed E-state index contributed by atoms with van der Waals surface area (Å²) in [5, 5.41) is 12.0. The Labute approximate surface area is 130 Å². The zero-order valence-corrected chi connectivity index (χ0v) is 12.9. The fraction of sp³-hybridized carbons (Fsp3) is 0.533. The molecule has 2 N–H and O–H groups in total. The highest BCUT2D eigenvalue weighted by molar-refractivity contribution is 5.63. The number of nitrogens with zero attached hydrogens (tertiary/aromatic N) is 5. The zero-order chi connectivity index (χ0) is 15.4. The number of tetrazole rings is 1. The molecule has 1 aromatic carbocycles. The number of morpholine rings is 1. The monoisotopic (exact) mass is 302 g/mol. The van der Waals surface area contributed by atoms with E-state index in [2.05, 4.69) is 20.4 Å². The molecule has 0 radical (unpaired) electrons. The molecule has 1 aliphatic heterocycles. The maximum absolute atomic E-state index is 5.98. The SMILES string of the molecule is Cc1ccc(-c2nnnn2CCCN2CCOCC2)cc1N. The third kappa shape index (κ3) is 3.42. The van der Waals surface area contributed by atoms with Crippen LogP contribution in [-0.4, -0.2) is 58.0 Å². The van der Waals surface area contributed by atoms with Gasteiger partial charge in [-0.1, -0.05) is 12.1 Å². The average Bonchev–Trinajstić information content (AvgIpc) is 3.00. The highest BCUT2D eigenvalue weighted by atomic mass is 16.5. The van der Waals surface area contributed by atoms with Crippen LogP contribution in [0.3, 0.4) is 0 Å². The topological polar surface area (TPSA) is 82.1 Å². The van der Waals surface area contributed by atoms with Crippen molar-refractivity contribution >= 4 is 5.69 Å². The number of nitrogens with two attached hydrogens (primary N) is 1. The van der Waals surface area contributed by atoms with E-state index in [1.54, 1.807) is 0 Å². The predicted octanol–water partition coefficient (Wildman–Crippen LogP) is 0.953. The summed E-state index contributed by atoms with van der Waals surface area (Å²) in [6.45, 7) is 7.52. The van der Waals surface area contributed by atoms with E-state index < -0.39 is 0 Å². The third-order valence-corrected chi connectivity index (χ3v) is 4.02. The molecule has 2 aromatic rings. The Morgan fingerprint density at radius 3 is 2.82 bits per heavy atom. The van der Waals surface area contributed by atoms with Crippen molar-refractivity contribution in [2.24, 2.45) is 0 Å². The van der Waals surface area contributed by atoms with Crippen LogP contribution >= 0.6 is 0 Å². The van der Waals surface area contributed by atoms with E-state index in [1.807, 2.05) is 29.8 Å². The fourth-order valence-electron chi connectivity index (χ4n) is 2.61. The van der Waals surface area contributed by atoms with Crippen LogP contribution < -0.4 is 5.73 Å². The molecule has 3 rings (SSSR count). The average molecular weight is 302 g/mol. The van der Waals surface area contributed by atoms with Gasteiger partial charge in [0.25, 0.3) is 0 Å². The molecule has 1 saturated heterocycles. The lowest BCUT2D eigenvalue weighted by molar-refractivity contribution is 0.0368. The van der Waals surface area contributed by atoms with Crippen LogP contribution in [0.25, 0.3) is 11.4 Å². The molecular weight excluding hydrogens is 280 g/mol. The largest absolute Gasteiger partial charge is 0.398 e. The molecule has 0 spiro atoms. The van der Waals surface area contributed by atoms with Crippen LogP contribution in [0, 0.1) is 6.92 Å². The first kappa shape index (κ1) is 14.9. The summed E-state index contributed by atoms with van der Waals surface area (Å²) in [5.41, 5.74) is 8.77. The number of nitrogen functional groups attached to an aromatic ring is 1. The third-order valence-electron chi connectivity index (χ3n) is 4.02. The molecular formula is C15H22N6O. The molecule has 0 saturated carbocycles. The molecule has 118 valence electrons. The summed E-state index contributed by atoms with van der Waals surface area (Å²) in [7, 11) is 0. The Bertz CT molecular complexity index is 620. The lowest BCUT2D eigenvalue weighted by atomic mass is 10.1. The summed E-state index contributed by atoms with van der Waals surface area (Å²) in [5.74, 6) is 0.772. The van der Waals surface area contributed by atoms with Crippen LogP contribution in [-0.2, 0) is 11.3 Å². The fourth-order valence-corrected chi connectivity index (χ4v) is 2.61. The van der Waals surface area contributed by atoms with Crippen molar-refractivity contribution in [2.75, 3.05) is 38.6 Å². The minimum absolute atomic E-state index is 0.764. The van der Waals surface area contributed by atoms with Crippen molar-refractivity contribution in [1.29, 1.82) is 0 Å². The van der Waals surface area contributed by atoms with E-state index in [0.717, 1.165) is 68.5 Å². The number of aromatic nitrogens is 4. The highest BCUT2D eigenvalue weighted by Gasteiger charge is 2.12. The van der Waals surface area contributed by atoms with Crippen molar-refractivity contribution < 1.29 is 4.74 Å². The Kier molecular flexibility index (Phi) is 4.65. The number of anilines is 1. The molecule has 1 aromatic heterocycles.